The van der Waals surface area contributed by atoms with Crippen molar-refractivity contribution < 1.29 is 29.0 Å². The summed E-state index contributed by atoms with van der Waals surface area (Å²) >= 11 is 0. The highest BCUT2D eigenvalue weighted by Crippen LogP contribution is 2.44. The lowest BCUT2D eigenvalue weighted by molar-refractivity contribution is -0.146. The molecule has 0 aliphatic heterocycles. The lowest BCUT2D eigenvalue weighted by Gasteiger charge is -2.32. The van der Waals surface area contributed by atoms with E-state index in [-0.39, 0.29) is 43.4 Å². The fourth-order valence-corrected chi connectivity index (χ4v) is 6.18. The van der Waals surface area contributed by atoms with E-state index >= 15 is 0 Å². The van der Waals surface area contributed by atoms with Crippen molar-refractivity contribution in [3.8, 4) is 11.1 Å². The number of rotatable bonds is 11. The second-order valence-corrected chi connectivity index (χ2v) is 11.2. The minimum atomic E-state index is -1.18. The molecule has 0 heterocycles. The van der Waals surface area contributed by atoms with Crippen LogP contribution in [-0.4, -0.2) is 47.9 Å². The molecule has 0 bridgehead atoms. The third kappa shape index (κ3) is 6.99. The number of ether oxygens (including phenoxy) is 2. The van der Waals surface area contributed by atoms with Gasteiger partial charge in [-0.1, -0.05) is 91.7 Å². The molecule has 8 heteroatoms. The molecule has 4 atom stereocenters. The maximum atomic E-state index is 13.0. The second kappa shape index (κ2) is 13.7. The van der Waals surface area contributed by atoms with E-state index < -0.39 is 24.2 Å². The van der Waals surface area contributed by atoms with Gasteiger partial charge in [0.1, 0.15) is 6.61 Å². The maximum absolute atomic E-state index is 13.0. The van der Waals surface area contributed by atoms with Gasteiger partial charge in [-0.2, -0.15) is 0 Å². The summed E-state index contributed by atoms with van der Waals surface area (Å²) in [6, 6.07) is 24.4. The predicted octanol–water partition coefficient (Wildman–Crippen LogP) is 5.65. The van der Waals surface area contributed by atoms with Gasteiger partial charge in [0.25, 0.3) is 0 Å². The Balaban J connectivity index is 1.14. The van der Waals surface area contributed by atoms with Crippen LogP contribution >= 0.6 is 0 Å². The van der Waals surface area contributed by atoms with Crippen molar-refractivity contribution in [2.45, 2.75) is 69.7 Å². The first-order chi connectivity index (χ1) is 20.4. The molecule has 3 N–H and O–H groups in total. The van der Waals surface area contributed by atoms with Gasteiger partial charge in [-0.05, 0) is 53.5 Å². The molecule has 42 heavy (non-hydrogen) atoms. The Morgan fingerprint density at radius 2 is 1.50 bits per heavy atom. The fourth-order valence-electron chi connectivity index (χ4n) is 6.18. The van der Waals surface area contributed by atoms with Crippen LogP contribution in [0.4, 0.5) is 4.79 Å². The molecule has 1 fully saturated rings. The van der Waals surface area contributed by atoms with E-state index in [1.54, 1.807) is 6.92 Å². The smallest absolute Gasteiger partial charge is 0.407 e. The first-order valence-electron chi connectivity index (χ1n) is 14.7. The molecule has 3 aromatic rings. The van der Waals surface area contributed by atoms with E-state index in [4.69, 9.17) is 9.47 Å². The molecular formula is C34H38N2O6. The number of hydrogen-bond acceptors (Lipinski definition) is 5. The van der Waals surface area contributed by atoms with Crippen LogP contribution in [0.2, 0.25) is 0 Å². The van der Waals surface area contributed by atoms with E-state index in [2.05, 4.69) is 34.9 Å². The third-order valence-electron chi connectivity index (χ3n) is 8.41. The monoisotopic (exact) mass is 570 g/mol. The summed E-state index contributed by atoms with van der Waals surface area (Å²) in [6.45, 7) is 2.11. The van der Waals surface area contributed by atoms with E-state index in [9.17, 15) is 19.5 Å². The summed E-state index contributed by atoms with van der Waals surface area (Å²) in [5.41, 5.74) is 5.55. The zero-order valence-corrected chi connectivity index (χ0v) is 23.8. The largest absolute Gasteiger partial charge is 0.480 e. The molecule has 0 aromatic heterocycles. The van der Waals surface area contributed by atoms with E-state index in [1.807, 2.05) is 54.6 Å². The Bertz CT molecular complexity index is 1350. The molecule has 2 aliphatic carbocycles. The lowest BCUT2D eigenvalue weighted by atomic mass is 9.82. The highest BCUT2D eigenvalue weighted by molar-refractivity contribution is 5.84. The molecule has 5 rings (SSSR count). The zero-order chi connectivity index (χ0) is 29.5. The number of alkyl carbamates (subject to hydrolysis) is 1. The summed E-state index contributed by atoms with van der Waals surface area (Å²) in [5, 5.41) is 15.4. The molecule has 3 aromatic carbocycles. The number of amides is 2. The number of carboxylic acids is 1. The summed E-state index contributed by atoms with van der Waals surface area (Å²) in [6.07, 6.45) is 2.27. The topological polar surface area (TPSA) is 114 Å². The average molecular weight is 571 g/mol. The van der Waals surface area contributed by atoms with Gasteiger partial charge >= 0.3 is 12.1 Å². The minimum absolute atomic E-state index is 0.0323. The van der Waals surface area contributed by atoms with E-state index in [0.29, 0.717) is 0 Å². The molecule has 8 nitrogen and oxygen atoms in total. The van der Waals surface area contributed by atoms with Crippen molar-refractivity contribution in [1.29, 1.82) is 0 Å². The van der Waals surface area contributed by atoms with Crippen LogP contribution in [0, 0.1) is 5.92 Å². The standard InChI is InChI=1S/C34H38N2O6/c1-22(41-20-23-11-3-2-4-12-23)32(33(38)39)36-31(37)19-24-13-5-10-18-30(24)35-34(40)42-21-29-27-16-8-6-14-25(27)26-15-7-9-17-28(26)29/h2-4,6-9,11-12,14-17,22,24,29-30,32H,5,10,13,18-21H2,1H3,(H,35,40)(H,36,37)(H,38,39)/t22-,24+,30+,32+/m0/s1. The van der Waals surface area contributed by atoms with Crippen LogP contribution in [0.1, 0.15) is 61.6 Å². The van der Waals surface area contributed by atoms with Crippen LogP contribution in [-0.2, 0) is 25.7 Å². The Morgan fingerprint density at radius 3 is 2.17 bits per heavy atom. The van der Waals surface area contributed by atoms with Gasteiger partial charge in [0.2, 0.25) is 5.91 Å². The zero-order valence-electron chi connectivity index (χ0n) is 23.8. The number of carbonyl (C=O) groups is 3. The van der Waals surface area contributed by atoms with Crippen LogP contribution in [0.3, 0.4) is 0 Å². The van der Waals surface area contributed by atoms with Crippen molar-refractivity contribution in [2.75, 3.05) is 6.61 Å². The molecule has 0 radical (unpaired) electrons. The number of aliphatic carboxylic acids is 1. The van der Waals surface area contributed by atoms with Gasteiger partial charge in [0.05, 0.1) is 12.7 Å². The number of fused-ring (bicyclic) bond motifs is 3. The number of hydrogen-bond donors (Lipinski definition) is 3. The van der Waals surface area contributed by atoms with Crippen molar-refractivity contribution in [1.82, 2.24) is 10.6 Å². The van der Waals surface area contributed by atoms with Crippen molar-refractivity contribution in [3.63, 3.8) is 0 Å². The first kappa shape index (κ1) is 29.3. The van der Waals surface area contributed by atoms with Crippen molar-refractivity contribution in [2.24, 2.45) is 5.92 Å². The molecule has 2 amide bonds. The van der Waals surface area contributed by atoms with Crippen molar-refractivity contribution in [3.05, 3.63) is 95.6 Å². The molecule has 2 aliphatic rings. The summed E-state index contributed by atoms with van der Waals surface area (Å²) in [5.74, 6) is -1.67. The molecule has 0 saturated heterocycles. The Kier molecular flexibility index (Phi) is 9.54. The average Bonchev–Trinajstić information content (AvgIpc) is 3.32. The van der Waals surface area contributed by atoms with Crippen LogP contribution in [0.15, 0.2) is 78.9 Å². The van der Waals surface area contributed by atoms with Gasteiger partial charge in [-0.3, -0.25) is 4.79 Å². The molecule has 220 valence electrons. The van der Waals surface area contributed by atoms with Crippen LogP contribution < -0.4 is 10.6 Å². The highest BCUT2D eigenvalue weighted by atomic mass is 16.5. The fraction of sp³-hybridized carbons (Fsp3) is 0.382. The van der Waals surface area contributed by atoms with E-state index in [0.717, 1.165) is 42.4 Å². The summed E-state index contributed by atoms with van der Waals surface area (Å²) in [7, 11) is 0. The second-order valence-electron chi connectivity index (χ2n) is 11.2. The number of benzene rings is 3. The molecule has 0 unspecified atom stereocenters. The third-order valence-corrected chi connectivity index (χ3v) is 8.41. The van der Waals surface area contributed by atoms with Gasteiger partial charge in [0, 0.05) is 18.4 Å². The van der Waals surface area contributed by atoms with Gasteiger partial charge in [0.15, 0.2) is 6.04 Å². The maximum Gasteiger partial charge on any atom is 0.407 e. The Hall–Kier alpha value is -4.17. The predicted molar refractivity (Wildman–Crippen MR) is 159 cm³/mol. The van der Waals surface area contributed by atoms with Crippen molar-refractivity contribution >= 4 is 18.0 Å². The quantitative estimate of drug-likeness (QED) is 0.275. The highest BCUT2D eigenvalue weighted by Gasteiger charge is 2.33. The number of nitrogens with one attached hydrogen (secondary N) is 2. The molecular weight excluding hydrogens is 532 g/mol. The van der Waals surface area contributed by atoms with Gasteiger partial charge in [-0.25, -0.2) is 9.59 Å². The van der Waals surface area contributed by atoms with E-state index in [1.165, 1.54) is 11.1 Å². The Morgan fingerprint density at radius 1 is 0.881 bits per heavy atom. The Labute approximate surface area is 246 Å². The van der Waals surface area contributed by atoms with Crippen LogP contribution in [0.25, 0.3) is 11.1 Å². The molecule has 0 spiro atoms. The molecule has 1 saturated carbocycles. The number of carbonyl (C=O) groups excluding carboxylic acids is 2. The lowest BCUT2D eigenvalue weighted by Crippen LogP contribution is -2.50. The number of carboxylic acid groups (broad SMARTS) is 1. The normalized spacial score (nSPS) is 19.2. The van der Waals surface area contributed by atoms with Gasteiger partial charge in [-0.15, -0.1) is 0 Å². The summed E-state index contributed by atoms with van der Waals surface area (Å²) < 4.78 is 11.5. The first-order valence-corrected chi connectivity index (χ1v) is 14.7. The SMILES string of the molecule is C[C@H](OCc1ccccc1)[C@@H](NC(=O)C[C@H]1CCCC[C@H]1NC(=O)OCC1c2ccccc2-c2ccccc21)C(=O)O. The summed E-state index contributed by atoms with van der Waals surface area (Å²) in [4.78, 5) is 37.9. The minimum Gasteiger partial charge on any atom is -0.480 e. The van der Waals surface area contributed by atoms with Crippen LogP contribution in [0.5, 0.6) is 0 Å². The van der Waals surface area contributed by atoms with Gasteiger partial charge < -0.3 is 25.2 Å².